The van der Waals surface area contributed by atoms with E-state index >= 15 is 0 Å². The molecule has 1 heterocycles. The lowest BCUT2D eigenvalue weighted by atomic mass is 10.1. The standard InChI is InChI=1S/C19H14Cl2N2O3/c1-25-19(24)17-15(10-11-22-12-6-3-2-4-7-12)26-23-18(17)16-13(20)8-5-9-14(16)21/h2-11,22H,1H3/b11-10+. The second-order valence-electron chi connectivity index (χ2n) is 5.20. The Morgan fingerprint density at radius 2 is 1.81 bits per heavy atom. The van der Waals surface area contributed by atoms with Crippen LogP contribution in [0.5, 0.6) is 0 Å². The van der Waals surface area contributed by atoms with Crippen molar-refractivity contribution < 1.29 is 14.1 Å². The molecule has 0 atom stereocenters. The number of para-hydroxylation sites is 1. The van der Waals surface area contributed by atoms with Crippen LogP contribution in [-0.2, 0) is 4.74 Å². The fourth-order valence-electron chi connectivity index (χ4n) is 2.36. The van der Waals surface area contributed by atoms with Crippen molar-refractivity contribution in [2.75, 3.05) is 12.4 Å². The minimum atomic E-state index is -0.600. The van der Waals surface area contributed by atoms with Crippen molar-refractivity contribution in [3.8, 4) is 11.3 Å². The fraction of sp³-hybridized carbons (Fsp3) is 0.0526. The van der Waals surface area contributed by atoms with Gasteiger partial charge in [0.25, 0.3) is 0 Å². The molecule has 0 unspecified atom stereocenters. The number of esters is 1. The molecule has 2 aromatic carbocycles. The van der Waals surface area contributed by atoms with Gasteiger partial charge in [0.1, 0.15) is 11.3 Å². The van der Waals surface area contributed by atoms with E-state index in [4.69, 9.17) is 32.5 Å². The largest absolute Gasteiger partial charge is 0.465 e. The summed E-state index contributed by atoms with van der Waals surface area (Å²) in [5.41, 5.74) is 1.67. The molecule has 0 spiro atoms. The highest BCUT2D eigenvalue weighted by atomic mass is 35.5. The molecule has 1 aromatic heterocycles. The van der Waals surface area contributed by atoms with Crippen LogP contribution in [0.3, 0.4) is 0 Å². The number of carbonyl (C=O) groups excluding carboxylic acids is 1. The molecule has 3 aromatic rings. The molecular formula is C19H14Cl2N2O3. The molecule has 0 aliphatic rings. The predicted molar refractivity (Wildman–Crippen MR) is 102 cm³/mol. The van der Waals surface area contributed by atoms with Gasteiger partial charge in [0, 0.05) is 23.5 Å². The van der Waals surface area contributed by atoms with Gasteiger partial charge in [0.05, 0.1) is 17.2 Å². The Morgan fingerprint density at radius 1 is 1.12 bits per heavy atom. The van der Waals surface area contributed by atoms with E-state index in [1.54, 1.807) is 30.5 Å². The van der Waals surface area contributed by atoms with Crippen LogP contribution in [0.2, 0.25) is 10.0 Å². The Kier molecular flexibility index (Phi) is 5.61. The van der Waals surface area contributed by atoms with E-state index in [1.165, 1.54) is 7.11 Å². The van der Waals surface area contributed by atoms with Crippen molar-refractivity contribution in [1.29, 1.82) is 0 Å². The minimum absolute atomic E-state index is 0.147. The molecule has 1 N–H and O–H groups in total. The summed E-state index contributed by atoms with van der Waals surface area (Å²) in [5, 5.41) is 7.77. The Morgan fingerprint density at radius 3 is 2.46 bits per heavy atom. The van der Waals surface area contributed by atoms with Gasteiger partial charge in [0.15, 0.2) is 5.76 Å². The van der Waals surface area contributed by atoms with Crippen LogP contribution >= 0.6 is 23.2 Å². The van der Waals surface area contributed by atoms with E-state index in [9.17, 15) is 4.79 Å². The van der Waals surface area contributed by atoms with Gasteiger partial charge in [0.2, 0.25) is 0 Å². The molecule has 0 saturated heterocycles. The van der Waals surface area contributed by atoms with Crippen molar-refractivity contribution in [2.24, 2.45) is 0 Å². The van der Waals surface area contributed by atoms with Gasteiger partial charge in [-0.05, 0) is 24.3 Å². The highest BCUT2D eigenvalue weighted by molar-refractivity contribution is 6.39. The monoisotopic (exact) mass is 388 g/mol. The molecular weight excluding hydrogens is 375 g/mol. The third kappa shape index (κ3) is 3.74. The summed E-state index contributed by atoms with van der Waals surface area (Å²) in [6.45, 7) is 0. The summed E-state index contributed by atoms with van der Waals surface area (Å²) in [5.74, 6) is -0.372. The molecule has 0 radical (unpaired) electrons. The molecule has 132 valence electrons. The average molecular weight is 389 g/mol. The number of nitrogens with zero attached hydrogens (tertiary/aromatic N) is 1. The molecule has 7 heteroatoms. The lowest BCUT2D eigenvalue weighted by molar-refractivity contribution is 0.0600. The summed E-state index contributed by atoms with van der Waals surface area (Å²) < 4.78 is 10.2. The molecule has 0 fully saturated rings. The van der Waals surface area contributed by atoms with Gasteiger partial charge in [-0.3, -0.25) is 0 Å². The number of aromatic nitrogens is 1. The highest BCUT2D eigenvalue weighted by Crippen LogP contribution is 2.37. The first kappa shape index (κ1) is 18.0. The predicted octanol–water partition coefficient (Wildman–Crippen LogP) is 5.52. The first-order valence-electron chi connectivity index (χ1n) is 7.62. The van der Waals surface area contributed by atoms with Crippen LogP contribution in [0, 0.1) is 0 Å². The zero-order chi connectivity index (χ0) is 18.5. The quantitative estimate of drug-likeness (QED) is 0.583. The van der Waals surface area contributed by atoms with E-state index in [0.29, 0.717) is 15.6 Å². The highest BCUT2D eigenvalue weighted by Gasteiger charge is 2.26. The van der Waals surface area contributed by atoms with Crippen molar-refractivity contribution in [3.63, 3.8) is 0 Å². The SMILES string of the molecule is COC(=O)c1c(-c2c(Cl)cccc2Cl)noc1/C=C/Nc1ccccc1. The summed E-state index contributed by atoms with van der Waals surface area (Å²) in [7, 11) is 1.28. The minimum Gasteiger partial charge on any atom is -0.465 e. The Hall–Kier alpha value is -2.76. The topological polar surface area (TPSA) is 64.4 Å². The number of ether oxygens (including phenoxy) is 1. The third-order valence-electron chi connectivity index (χ3n) is 3.57. The average Bonchev–Trinajstić information content (AvgIpc) is 3.05. The van der Waals surface area contributed by atoms with Crippen LogP contribution < -0.4 is 5.32 Å². The maximum Gasteiger partial charge on any atom is 0.344 e. The van der Waals surface area contributed by atoms with Gasteiger partial charge >= 0.3 is 5.97 Å². The van der Waals surface area contributed by atoms with Gasteiger partial charge in [-0.25, -0.2) is 4.79 Å². The van der Waals surface area contributed by atoms with Crippen molar-refractivity contribution in [1.82, 2.24) is 5.16 Å². The van der Waals surface area contributed by atoms with Crippen LogP contribution in [0.25, 0.3) is 17.3 Å². The number of anilines is 1. The summed E-state index contributed by atoms with van der Waals surface area (Å²) in [6, 6.07) is 14.6. The maximum atomic E-state index is 12.3. The summed E-state index contributed by atoms with van der Waals surface area (Å²) in [6.07, 6.45) is 3.22. The number of nitrogens with one attached hydrogen (secondary N) is 1. The normalized spacial score (nSPS) is 10.9. The van der Waals surface area contributed by atoms with Crippen LogP contribution in [-0.4, -0.2) is 18.2 Å². The van der Waals surface area contributed by atoms with Gasteiger partial charge in [-0.15, -0.1) is 0 Å². The zero-order valence-electron chi connectivity index (χ0n) is 13.7. The maximum absolute atomic E-state index is 12.3. The lowest BCUT2D eigenvalue weighted by Gasteiger charge is -2.05. The van der Waals surface area contributed by atoms with E-state index < -0.39 is 5.97 Å². The number of methoxy groups -OCH3 is 1. The Bertz CT molecular complexity index is 932. The number of hydrogen-bond acceptors (Lipinski definition) is 5. The van der Waals surface area contributed by atoms with E-state index in [-0.39, 0.29) is 17.0 Å². The van der Waals surface area contributed by atoms with Gasteiger partial charge in [-0.1, -0.05) is 52.6 Å². The van der Waals surface area contributed by atoms with Gasteiger partial charge in [-0.2, -0.15) is 0 Å². The lowest BCUT2D eigenvalue weighted by Crippen LogP contribution is -2.04. The Labute approximate surface area is 160 Å². The fourth-order valence-corrected chi connectivity index (χ4v) is 2.93. The first-order valence-corrected chi connectivity index (χ1v) is 8.38. The van der Waals surface area contributed by atoms with Crippen LogP contribution in [0.15, 0.2) is 59.3 Å². The van der Waals surface area contributed by atoms with Gasteiger partial charge < -0.3 is 14.6 Å². The van der Waals surface area contributed by atoms with Crippen molar-refractivity contribution in [3.05, 3.63) is 76.1 Å². The summed E-state index contributed by atoms with van der Waals surface area (Å²) >= 11 is 12.5. The van der Waals surface area contributed by atoms with E-state index in [2.05, 4.69) is 10.5 Å². The molecule has 0 amide bonds. The summed E-state index contributed by atoms with van der Waals surface area (Å²) in [4.78, 5) is 12.3. The molecule has 0 bridgehead atoms. The molecule has 3 rings (SSSR count). The zero-order valence-corrected chi connectivity index (χ0v) is 15.2. The third-order valence-corrected chi connectivity index (χ3v) is 4.20. The number of rotatable bonds is 5. The second kappa shape index (κ2) is 8.08. The number of benzene rings is 2. The molecule has 5 nitrogen and oxygen atoms in total. The number of halogens is 2. The molecule has 0 aliphatic carbocycles. The Balaban J connectivity index is 1.99. The van der Waals surface area contributed by atoms with Crippen molar-refractivity contribution in [2.45, 2.75) is 0 Å². The molecule has 0 aliphatic heterocycles. The van der Waals surface area contributed by atoms with E-state index in [1.807, 2.05) is 30.3 Å². The van der Waals surface area contributed by atoms with Crippen LogP contribution in [0.4, 0.5) is 5.69 Å². The molecule has 0 saturated carbocycles. The van der Waals surface area contributed by atoms with Crippen molar-refractivity contribution >= 4 is 40.9 Å². The number of carbonyl (C=O) groups is 1. The molecule has 26 heavy (non-hydrogen) atoms. The van der Waals surface area contributed by atoms with E-state index in [0.717, 1.165) is 5.69 Å². The smallest absolute Gasteiger partial charge is 0.344 e. The number of hydrogen-bond donors (Lipinski definition) is 1. The first-order chi connectivity index (χ1) is 12.6. The van der Waals surface area contributed by atoms with Crippen LogP contribution in [0.1, 0.15) is 16.1 Å². The second-order valence-corrected chi connectivity index (χ2v) is 6.02.